The third kappa shape index (κ3) is 10.3. The summed E-state index contributed by atoms with van der Waals surface area (Å²) >= 11 is 0. The summed E-state index contributed by atoms with van der Waals surface area (Å²) in [6.45, 7) is 8.77. The van der Waals surface area contributed by atoms with Crippen molar-refractivity contribution in [2.75, 3.05) is 19.6 Å². The average molecular weight is 296 g/mol. The Labute approximate surface area is 134 Å². The van der Waals surface area contributed by atoms with Crippen LogP contribution in [-0.2, 0) is 0 Å². The summed E-state index contributed by atoms with van der Waals surface area (Å²) in [5.41, 5.74) is 0. The standard InChI is InChI=1S/C20H41N/c1-3-5-7-8-9-10-11-12-13-14-17-21-18-16-20(19-21)15-6-4-2/h20H,3-19H2,1-2H3. The van der Waals surface area contributed by atoms with E-state index in [1.165, 1.54) is 110 Å². The van der Waals surface area contributed by atoms with E-state index in [0.717, 1.165) is 5.92 Å². The van der Waals surface area contributed by atoms with Crippen LogP contribution in [0.1, 0.15) is 104 Å². The van der Waals surface area contributed by atoms with Gasteiger partial charge in [-0.3, -0.25) is 0 Å². The van der Waals surface area contributed by atoms with Gasteiger partial charge in [0.05, 0.1) is 0 Å². The van der Waals surface area contributed by atoms with Crippen LogP contribution in [0.5, 0.6) is 0 Å². The third-order valence-electron chi connectivity index (χ3n) is 5.16. The molecule has 0 aliphatic carbocycles. The molecule has 1 saturated heterocycles. The molecular formula is C20H41N. The number of hydrogen-bond acceptors (Lipinski definition) is 1. The minimum atomic E-state index is 1.02. The molecule has 126 valence electrons. The van der Waals surface area contributed by atoms with E-state index in [1.807, 2.05) is 0 Å². The molecule has 0 spiro atoms. The van der Waals surface area contributed by atoms with Crippen molar-refractivity contribution in [1.29, 1.82) is 0 Å². The molecule has 1 heterocycles. The monoisotopic (exact) mass is 295 g/mol. The van der Waals surface area contributed by atoms with Gasteiger partial charge in [0.1, 0.15) is 0 Å². The number of unbranched alkanes of at least 4 members (excludes halogenated alkanes) is 10. The van der Waals surface area contributed by atoms with Gasteiger partial charge in [-0.2, -0.15) is 0 Å². The number of nitrogens with zero attached hydrogens (tertiary/aromatic N) is 1. The van der Waals surface area contributed by atoms with Gasteiger partial charge in [0.2, 0.25) is 0 Å². The van der Waals surface area contributed by atoms with Crippen molar-refractivity contribution < 1.29 is 0 Å². The van der Waals surface area contributed by atoms with Crippen LogP contribution in [0, 0.1) is 5.92 Å². The van der Waals surface area contributed by atoms with Crippen molar-refractivity contribution in [3.8, 4) is 0 Å². The summed E-state index contributed by atoms with van der Waals surface area (Å²) in [4.78, 5) is 2.73. The maximum atomic E-state index is 2.73. The number of hydrogen-bond donors (Lipinski definition) is 0. The lowest BCUT2D eigenvalue weighted by Gasteiger charge is -2.15. The van der Waals surface area contributed by atoms with Gasteiger partial charge in [-0.05, 0) is 38.3 Å². The molecule has 1 atom stereocenters. The molecule has 0 aromatic heterocycles. The zero-order chi connectivity index (χ0) is 15.2. The third-order valence-corrected chi connectivity index (χ3v) is 5.16. The maximum absolute atomic E-state index is 2.73. The first-order chi connectivity index (χ1) is 10.4. The zero-order valence-electron chi connectivity index (χ0n) is 15.0. The lowest BCUT2D eigenvalue weighted by molar-refractivity contribution is 0.310. The largest absolute Gasteiger partial charge is 0.303 e. The zero-order valence-corrected chi connectivity index (χ0v) is 15.0. The number of rotatable bonds is 14. The SMILES string of the molecule is CCCCCCCCCCCCN1CCC(CCCC)C1. The summed E-state index contributed by atoms with van der Waals surface area (Å²) in [6.07, 6.45) is 20.3. The van der Waals surface area contributed by atoms with Crippen LogP contribution in [0.3, 0.4) is 0 Å². The summed E-state index contributed by atoms with van der Waals surface area (Å²) in [7, 11) is 0. The highest BCUT2D eigenvalue weighted by Gasteiger charge is 2.20. The fourth-order valence-electron chi connectivity index (χ4n) is 3.67. The Hall–Kier alpha value is -0.0400. The van der Waals surface area contributed by atoms with Crippen molar-refractivity contribution in [3.05, 3.63) is 0 Å². The Morgan fingerprint density at radius 2 is 1.29 bits per heavy atom. The molecule has 21 heavy (non-hydrogen) atoms. The molecule has 0 bridgehead atoms. The highest BCUT2D eigenvalue weighted by atomic mass is 15.1. The van der Waals surface area contributed by atoms with Crippen molar-refractivity contribution >= 4 is 0 Å². The van der Waals surface area contributed by atoms with Gasteiger partial charge in [-0.25, -0.2) is 0 Å². The second-order valence-corrected chi connectivity index (χ2v) is 7.28. The van der Waals surface area contributed by atoms with Gasteiger partial charge in [0.15, 0.2) is 0 Å². The summed E-state index contributed by atoms with van der Waals surface area (Å²) in [5.74, 6) is 1.02. The van der Waals surface area contributed by atoms with Crippen LogP contribution in [0.15, 0.2) is 0 Å². The molecule has 0 radical (unpaired) electrons. The van der Waals surface area contributed by atoms with E-state index in [0.29, 0.717) is 0 Å². The maximum Gasteiger partial charge on any atom is 0.00101 e. The van der Waals surface area contributed by atoms with Gasteiger partial charge in [0.25, 0.3) is 0 Å². The first kappa shape index (κ1) is 19.0. The Balaban J connectivity index is 1.80. The second kappa shape index (κ2) is 13.6. The van der Waals surface area contributed by atoms with Gasteiger partial charge < -0.3 is 4.90 Å². The molecule has 1 aliphatic rings. The summed E-state index contributed by atoms with van der Waals surface area (Å²) < 4.78 is 0. The van der Waals surface area contributed by atoms with E-state index in [9.17, 15) is 0 Å². The Morgan fingerprint density at radius 1 is 0.714 bits per heavy atom. The number of likely N-dealkylation sites (tertiary alicyclic amines) is 1. The average Bonchev–Trinajstić information content (AvgIpc) is 2.95. The molecule has 1 rings (SSSR count). The minimum Gasteiger partial charge on any atom is -0.303 e. The summed E-state index contributed by atoms with van der Waals surface area (Å²) in [6, 6.07) is 0. The van der Waals surface area contributed by atoms with E-state index in [2.05, 4.69) is 18.7 Å². The highest BCUT2D eigenvalue weighted by molar-refractivity contribution is 4.75. The fourth-order valence-corrected chi connectivity index (χ4v) is 3.67. The smallest absolute Gasteiger partial charge is 0.00101 e. The summed E-state index contributed by atoms with van der Waals surface area (Å²) in [5, 5.41) is 0. The molecule has 0 N–H and O–H groups in total. The Bertz CT molecular complexity index is 214. The predicted molar refractivity (Wildman–Crippen MR) is 95.9 cm³/mol. The van der Waals surface area contributed by atoms with Crippen LogP contribution in [0.2, 0.25) is 0 Å². The molecule has 1 nitrogen and oxygen atoms in total. The van der Waals surface area contributed by atoms with E-state index < -0.39 is 0 Å². The molecule has 0 aromatic rings. The molecule has 0 aromatic carbocycles. The predicted octanol–water partition coefficient (Wildman–Crippen LogP) is 6.42. The van der Waals surface area contributed by atoms with Gasteiger partial charge in [-0.15, -0.1) is 0 Å². The quantitative estimate of drug-likeness (QED) is 0.334. The normalized spacial score (nSPS) is 19.4. The highest BCUT2D eigenvalue weighted by Crippen LogP contribution is 2.22. The van der Waals surface area contributed by atoms with Gasteiger partial charge in [0, 0.05) is 6.54 Å². The van der Waals surface area contributed by atoms with Gasteiger partial charge in [-0.1, -0.05) is 84.5 Å². The van der Waals surface area contributed by atoms with E-state index >= 15 is 0 Å². The topological polar surface area (TPSA) is 3.24 Å². The Kier molecular flexibility index (Phi) is 12.3. The van der Waals surface area contributed by atoms with E-state index in [-0.39, 0.29) is 0 Å². The minimum absolute atomic E-state index is 1.02. The van der Waals surface area contributed by atoms with Gasteiger partial charge >= 0.3 is 0 Å². The van der Waals surface area contributed by atoms with Crippen LogP contribution >= 0.6 is 0 Å². The lowest BCUT2D eigenvalue weighted by Crippen LogP contribution is -2.21. The molecule has 1 heteroatoms. The first-order valence-electron chi connectivity index (χ1n) is 10.1. The Morgan fingerprint density at radius 3 is 1.90 bits per heavy atom. The van der Waals surface area contributed by atoms with Crippen molar-refractivity contribution in [1.82, 2.24) is 4.90 Å². The van der Waals surface area contributed by atoms with Crippen molar-refractivity contribution in [2.45, 2.75) is 104 Å². The van der Waals surface area contributed by atoms with E-state index in [4.69, 9.17) is 0 Å². The van der Waals surface area contributed by atoms with Crippen LogP contribution < -0.4 is 0 Å². The first-order valence-corrected chi connectivity index (χ1v) is 10.1. The molecule has 1 aliphatic heterocycles. The van der Waals surface area contributed by atoms with Crippen LogP contribution in [0.4, 0.5) is 0 Å². The second-order valence-electron chi connectivity index (χ2n) is 7.28. The molecule has 1 unspecified atom stereocenters. The molecular weight excluding hydrogens is 254 g/mol. The van der Waals surface area contributed by atoms with Crippen molar-refractivity contribution in [3.63, 3.8) is 0 Å². The van der Waals surface area contributed by atoms with Crippen LogP contribution in [0.25, 0.3) is 0 Å². The fraction of sp³-hybridized carbons (Fsp3) is 1.00. The molecule has 1 fully saturated rings. The van der Waals surface area contributed by atoms with E-state index in [1.54, 1.807) is 0 Å². The lowest BCUT2D eigenvalue weighted by atomic mass is 10.0. The molecule has 0 amide bonds. The van der Waals surface area contributed by atoms with Crippen molar-refractivity contribution in [2.24, 2.45) is 5.92 Å². The van der Waals surface area contributed by atoms with Crippen LogP contribution in [-0.4, -0.2) is 24.5 Å². The molecule has 0 saturated carbocycles.